The summed E-state index contributed by atoms with van der Waals surface area (Å²) in [4.78, 5) is 37.6. The molecular weight excluding hydrogens is 390 g/mol. The number of rotatable bonds is 6. The van der Waals surface area contributed by atoms with Crippen LogP contribution in [-0.2, 0) is 27.2 Å². The van der Waals surface area contributed by atoms with Crippen molar-refractivity contribution in [2.75, 3.05) is 11.9 Å². The molecule has 0 bridgehead atoms. The fourth-order valence-corrected chi connectivity index (χ4v) is 4.42. The van der Waals surface area contributed by atoms with Crippen molar-refractivity contribution >= 4 is 34.1 Å². The maximum atomic E-state index is 12.2. The number of hydrogen-bond donors (Lipinski definition) is 2. The van der Waals surface area contributed by atoms with Gasteiger partial charge in [-0.2, -0.15) is 5.26 Å². The molecule has 8 heteroatoms. The van der Waals surface area contributed by atoms with Crippen molar-refractivity contribution in [2.45, 2.75) is 39.2 Å². The number of esters is 1. The van der Waals surface area contributed by atoms with Gasteiger partial charge in [0, 0.05) is 10.4 Å². The first-order valence-corrected chi connectivity index (χ1v) is 10.1. The van der Waals surface area contributed by atoms with Gasteiger partial charge in [0.25, 0.3) is 11.8 Å². The Bertz CT molecular complexity index is 1010. The highest BCUT2D eigenvalue weighted by atomic mass is 32.1. The van der Waals surface area contributed by atoms with Crippen molar-refractivity contribution in [1.82, 2.24) is 5.32 Å². The Morgan fingerprint density at radius 3 is 2.83 bits per heavy atom. The Morgan fingerprint density at radius 2 is 2.10 bits per heavy atom. The van der Waals surface area contributed by atoms with Crippen LogP contribution in [0.5, 0.6) is 0 Å². The van der Waals surface area contributed by atoms with Crippen molar-refractivity contribution < 1.29 is 19.1 Å². The smallest absolute Gasteiger partial charge is 0.328 e. The summed E-state index contributed by atoms with van der Waals surface area (Å²) in [6.45, 7) is 2.87. The van der Waals surface area contributed by atoms with Crippen LogP contribution in [-0.4, -0.2) is 30.4 Å². The second-order valence-corrected chi connectivity index (χ2v) is 8.00. The summed E-state index contributed by atoms with van der Waals surface area (Å²) >= 11 is 1.40. The molecule has 150 valence electrons. The third-order valence-corrected chi connectivity index (χ3v) is 5.82. The molecule has 2 N–H and O–H groups in total. The van der Waals surface area contributed by atoms with Crippen LogP contribution in [0.4, 0.5) is 5.00 Å². The van der Waals surface area contributed by atoms with E-state index >= 15 is 0 Å². The van der Waals surface area contributed by atoms with Gasteiger partial charge in [0.1, 0.15) is 17.1 Å². The summed E-state index contributed by atoms with van der Waals surface area (Å²) in [6, 6.07) is 8.23. The lowest BCUT2D eigenvalue weighted by Gasteiger charge is -2.13. The molecule has 0 radical (unpaired) electrons. The minimum atomic E-state index is -0.906. The lowest BCUT2D eigenvalue weighted by atomic mass is 10.1. The van der Waals surface area contributed by atoms with Gasteiger partial charge in [-0.05, 0) is 50.8 Å². The molecule has 2 aromatic rings. The minimum Gasteiger partial charge on any atom is -0.454 e. The number of nitrogens with one attached hydrogen (secondary N) is 2. The molecule has 1 aliphatic rings. The molecule has 0 saturated carbocycles. The number of amides is 2. The summed E-state index contributed by atoms with van der Waals surface area (Å²) in [7, 11) is 0. The van der Waals surface area contributed by atoms with Crippen molar-refractivity contribution in [3.05, 3.63) is 51.4 Å². The number of fused-ring (bicyclic) bond motifs is 1. The van der Waals surface area contributed by atoms with Crippen LogP contribution < -0.4 is 10.6 Å². The van der Waals surface area contributed by atoms with E-state index in [1.807, 2.05) is 13.0 Å². The van der Waals surface area contributed by atoms with E-state index in [9.17, 15) is 19.6 Å². The summed E-state index contributed by atoms with van der Waals surface area (Å²) in [5, 5.41) is 15.1. The number of nitriles is 1. The van der Waals surface area contributed by atoms with Gasteiger partial charge in [0.15, 0.2) is 6.61 Å². The first-order valence-electron chi connectivity index (χ1n) is 9.27. The Hall–Kier alpha value is -3.18. The van der Waals surface area contributed by atoms with Crippen LogP contribution >= 0.6 is 11.3 Å². The van der Waals surface area contributed by atoms with Crippen LogP contribution in [0.25, 0.3) is 0 Å². The molecule has 3 rings (SSSR count). The quantitative estimate of drug-likeness (QED) is 0.711. The number of anilines is 1. The molecule has 0 aliphatic heterocycles. The van der Waals surface area contributed by atoms with Crippen LogP contribution in [0.15, 0.2) is 24.3 Å². The fourth-order valence-electron chi connectivity index (χ4n) is 3.16. The molecule has 0 fully saturated rings. The maximum Gasteiger partial charge on any atom is 0.328 e. The van der Waals surface area contributed by atoms with Crippen molar-refractivity contribution in [3.8, 4) is 6.07 Å². The number of aryl methyl sites for hydroxylation is 2. The second kappa shape index (κ2) is 8.88. The molecule has 1 atom stereocenters. The van der Waals surface area contributed by atoms with E-state index in [-0.39, 0.29) is 0 Å². The first kappa shape index (κ1) is 20.6. The molecule has 1 heterocycles. The molecular formula is C21H21N3O4S. The van der Waals surface area contributed by atoms with Crippen LogP contribution in [0.2, 0.25) is 0 Å². The first-order chi connectivity index (χ1) is 13.9. The number of carbonyl (C=O) groups excluding carboxylic acids is 3. The Labute approximate surface area is 172 Å². The van der Waals surface area contributed by atoms with Crippen LogP contribution in [0, 0.1) is 18.3 Å². The topological polar surface area (TPSA) is 108 Å². The Balaban J connectivity index is 1.50. The molecule has 1 aliphatic carbocycles. The number of carbonyl (C=O) groups is 3. The number of thiophene rings is 1. The molecule has 0 unspecified atom stereocenters. The van der Waals surface area contributed by atoms with E-state index in [2.05, 4.69) is 16.7 Å². The zero-order valence-electron chi connectivity index (χ0n) is 16.2. The lowest BCUT2D eigenvalue weighted by Crippen LogP contribution is -2.40. The third-order valence-electron chi connectivity index (χ3n) is 4.61. The molecule has 29 heavy (non-hydrogen) atoms. The van der Waals surface area contributed by atoms with E-state index in [1.165, 1.54) is 18.3 Å². The van der Waals surface area contributed by atoms with Crippen molar-refractivity contribution in [1.29, 1.82) is 5.26 Å². The lowest BCUT2D eigenvalue weighted by molar-refractivity contribution is -0.148. The maximum absolute atomic E-state index is 12.2. The largest absolute Gasteiger partial charge is 0.454 e. The third kappa shape index (κ3) is 4.81. The summed E-state index contributed by atoms with van der Waals surface area (Å²) in [6.07, 6.45) is 2.78. The van der Waals surface area contributed by atoms with Gasteiger partial charge in [-0.25, -0.2) is 4.79 Å². The summed E-state index contributed by atoms with van der Waals surface area (Å²) < 4.78 is 5.01. The highest BCUT2D eigenvalue weighted by Gasteiger charge is 2.24. The average Bonchev–Trinajstić information content (AvgIpc) is 3.26. The zero-order chi connectivity index (χ0) is 21.0. The predicted molar refractivity (Wildman–Crippen MR) is 109 cm³/mol. The average molecular weight is 411 g/mol. The summed E-state index contributed by atoms with van der Waals surface area (Å²) in [5.74, 6) is -1.63. The van der Waals surface area contributed by atoms with Crippen molar-refractivity contribution in [2.24, 2.45) is 0 Å². The molecule has 0 spiro atoms. The number of nitrogens with zero attached hydrogens (tertiary/aromatic N) is 1. The summed E-state index contributed by atoms with van der Waals surface area (Å²) in [5.41, 5.74) is 2.89. The van der Waals surface area contributed by atoms with E-state index in [0.717, 1.165) is 35.3 Å². The van der Waals surface area contributed by atoms with Gasteiger partial charge in [-0.1, -0.05) is 17.7 Å². The Kier molecular flexibility index (Phi) is 6.29. The minimum absolute atomic E-state index is 0.394. The van der Waals surface area contributed by atoms with E-state index in [4.69, 9.17) is 4.74 Å². The second-order valence-electron chi connectivity index (χ2n) is 6.89. The van der Waals surface area contributed by atoms with Crippen molar-refractivity contribution in [3.63, 3.8) is 0 Å². The van der Waals surface area contributed by atoms with Gasteiger partial charge >= 0.3 is 5.97 Å². The van der Waals surface area contributed by atoms with Gasteiger partial charge in [-0.3, -0.25) is 9.59 Å². The van der Waals surface area contributed by atoms with E-state index < -0.39 is 30.4 Å². The highest BCUT2D eigenvalue weighted by molar-refractivity contribution is 7.16. The molecule has 1 aromatic carbocycles. The van der Waals surface area contributed by atoms with Gasteiger partial charge in [0.05, 0.1) is 5.56 Å². The Morgan fingerprint density at radius 1 is 1.31 bits per heavy atom. The SMILES string of the molecule is Cc1cccc(C(=O)N[C@@H](C)C(=O)OCC(=O)Nc2sc3c(c2C#N)CCC3)c1. The normalized spacial score (nSPS) is 13.1. The molecule has 1 aromatic heterocycles. The molecule has 0 saturated heterocycles. The molecule has 7 nitrogen and oxygen atoms in total. The molecule has 2 amide bonds. The van der Waals surface area contributed by atoms with E-state index in [1.54, 1.807) is 18.2 Å². The standard InChI is InChI=1S/C21H21N3O4S/c1-12-5-3-6-14(9-12)19(26)23-13(2)21(27)28-11-18(25)24-20-16(10-22)15-7-4-8-17(15)29-20/h3,5-6,9,13H,4,7-8,11H2,1-2H3,(H,23,26)(H,24,25)/t13-/m0/s1. The van der Waals surface area contributed by atoms with Gasteiger partial charge in [-0.15, -0.1) is 11.3 Å². The number of hydrogen-bond acceptors (Lipinski definition) is 6. The van der Waals surface area contributed by atoms with Crippen LogP contribution in [0.3, 0.4) is 0 Å². The number of benzene rings is 1. The highest BCUT2D eigenvalue weighted by Crippen LogP contribution is 2.38. The van der Waals surface area contributed by atoms with Gasteiger partial charge < -0.3 is 15.4 Å². The number of ether oxygens (including phenoxy) is 1. The zero-order valence-corrected chi connectivity index (χ0v) is 17.0. The predicted octanol–water partition coefficient (Wildman–Crippen LogP) is 2.72. The fraction of sp³-hybridized carbons (Fsp3) is 0.333. The monoisotopic (exact) mass is 411 g/mol. The van der Waals surface area contributed by atoms with Crippen LogP contribution in [0.1, 0.15) is 45.3 Å². The van der Waals surface area contributed by atoms with Gasteiger partial charge in [0.2, 0.25) is 0 Å². The van der Waals surface area contributed by atoms with E-state index in [0.29, 0.717) is 16.1 Å².